The highest BCUT2D eigenvalue weighted by Crippen LogP contribution is 2.24. The normalized spacial score (nSPS) is 11.3. The van der Waals surface area contributed by atoms with Gasteiger partial charge in [-0.25, -0.2) is 10.2 Å². The van der Waals surface area contributed by atoms with Crippen molar-refractivity contribution in [3.05, 3.63) is 28.5 Å². The predicted octanol–water partition coefficient (Wildman–Crippen LogP) is 1.84. The number of nitrogens with zero attached hydrogens (tertiary/aromatic N) is 1. The fourth-order valence-electron chi connectivity index (χ4n) is 1.02. The lowest BCUT2D eigenvalue weighted by atomic mass is 10.3. The third-order valence-corrected chi connectivity index (χ3v) is 2.32. The van der Waals surface area contributed by atoms with Crippen LogP contribution in [0.4, 0.5) is 10.1 Å². The van der Waals surface area contributed by atoms with Crippen molar-refractivity contribution in [3.63, 3.8) is 0 Å². The Morgan fingerprint density at radius 2 is 2.33 bits per heavy atom. The van der Waals surface area contributed by atoms with Gasteiger partial charge in [0.2, 0.25) is 5.96 Å². The van der Waals surface area contributed by atoms with Crippen molar-refractivity contribution >= 4 is 27.6 Å². The first kappa shape index (κ1) is 11.9. The SMILES string of the molecule is CCN=C(NN)Nc1c(F)cccc1Br. The molecule has 4 N–H and O–H groups in total. The molecule has 0 saturated carbocycles. The summed E-state index contributed by atoms with van der Waals surface area (Å²) in [7, 11) is 0. The van der Waals surface area contributed by atoms with E-state index < -0.39 is 0 Å². The number of benzene rings is 1. The second-order valence-corrected chi connectivity index (χ2v) is 3.54. The molecule has 0 saturated heterocycles. The second kappa shape index (κ2) is 5.67. The Kier molecular flexibility index (Phi) is 4.51. The molecule has 0 aliphatic rings. The minimum Gasteiger partial charge on any atom is -0.322 e. The molecule has 0 radical (unpaired) electrons. The average Bonchev–Trinajstić information content (AvgIpc) is 2.22. The molecule has 15 heavy (non-hydrogen) atoms. The molecule has 82 valence electrons. The number of hydrazine groups is 1. The van der Waals surface area contributed by atoms with Crippen molar-refractivity contribution in [1.82, 2.24) is 5.43 Å². The molecule has 4 nitrogen and oxygen atoms in total. The smallest absolute Gasteiger partial charge is 0.210 e. The zero-order valence-corrected chi connectivity index (χ0v) is 9.81. The monoisotopic (exact) mass is 274 g/mol. The van der Waals surface area contributed by atoms with Gasteiger partial charge < -0.3 is 5.32 Å². The van der Waals surface area contributed by atoms with E-state index in [1.165, 1.54) is 6.07 Å². The molecule has 6 heteroatoms. The average molecular weight is 275 g/mol. The highest BCUT2D eigenvalue weighted by molar-refractivity contribution is 9.10. The summed E-state index contributed by atoms with van der Waals surface area (Å²) in [6.45, 7) is 2.41. The minimum atomic E-state index is -0.372. The highest BCUT2D eigenvalue weighted by Gasteiger charge is 2.07. The molecule has 0 aliphatic carbocycles. The lowest BCUT2D eigenvalue weighted by Gasteiger charge is -2.11. The number of rotatable bonds is 2. The van der Waals surface area contributed by atoms with Gasteiger partial charge in [0.15, 0.2) is 0 Å². The van der Waals surface area contributed by atoms with Crippen molar-refractivity contribution in [1.29, 1.82) is 0 Å². The van der Waals surface area contributed by atoms with Gasteiger partial charge in [-0.1, -0.05) is 6.07 Å². The molecule has 0 atom stereocenters. The molecule has 0 aliphatic heterocycles. The number of anilines is 1. The molecule has 0 fully saturated rings. The van der Waals surface area contributed by atoms with Crippen LogP contribution in [0, 0.1) is 5.82 Å². The Morgan fingerprint density at radius 1 is 1.60 bits per heavy atom. The first-order valence-corrected chi connectivity index (χ1v) is 5.20. The third kappa shape index (κ3) is 3.17. The number of guanidine groups is 1. The number of nitrogens with two attached hydrogens (primary N) is 1. The van der Waals surface area contributed by atoms with Crippen LogP contribution in [0.25, 0.3) is 0 Å². The van der Waals surface area contributed by atoms with E-state index in [2.05, 4.69) is 31.7 Å². The van der Waals surface area contributed by atoms with Crippen LogP contribution in [0.5, 0.6) is 0 Å². The van der Waals surface area contributed by atoms with Gasteiger partial charge >= 0.3 is 0 Å². The van der Waals surface area contributed by atoms with Crippen LogP contribution in [0.2, 0.25) is 0 Å². The van der Waals surface area contributed by atoms with Crippen LogP contribution in [0.1, 0.15) is 6.92 Å². The standard InChI is InChI=1S/C9H12BrFN4/c1-2-13-9(15-12)14-8-6(10)4-3-5-7(8)11/h3-5H,2,12H2,1H3,(H2,13,14,15). The summed E-state index contributed by atoms with van der Waals surface area (Å²) in [4.78, 5) is 4.00. The molecule has 0 heterocycles. The van der Waals surface area contributed by atoms with E-state index in [0.717, 1.165) is 0 Å². The van der Waals surface area contributed by atoms with Gasteiger partial charge in [-0.2, -0.15) is 0 Å². The van der Waals surface area contributed by atoms with Crippen molar-refractivity contribution in [2.24, 2.45) is 10.8 Å². The Hall–Kier alpha value is -1.14. The summed E-state index contributed by atoms with van der Waals surface area (Å²) in [5, 5.41) is 2.76. The number of hydrogen-bond donors (Lipinski definition) is 3. The number of halogens is 2. The minimum absolute atomic E-state index is 0.308. The van der Waals surface area contributed by atoms with Gasteiger partial charge in [-0.3, -0.25) is 10.4 Å². The number of aliphatic imine (C=N–C) groups is 1. The predicted molar refractivity (Wildman–Crippen MR) is 63.0 cm³/mol. The molecule has 1 aromatic rings. The fraction of sp³-hybridized carbons (Fsp3) is 0.222. The van der Waals surface area contributed by atoms with Crippen LogP contribution in [-0.2, 0) is 0 Å². The van der Waals surface area contributed by atoms with Crippen LogP contribution in [0.15, 0.2) is 27.7 Å². The number of hydrogen-bond acceptors (Lipinski definition) is 2. The van der Waals surface area contributed by atoms with Crippen LogP contribution in [-0.4, -0.2) is 12.5 Å². The lowest BCUT2D eigenvalue weighted by Crippen LogP contribution is -2.36. The molecule has 1 rings (SSSR count). The molecule has 0 bridgehead atoms. The largest absolute Gasteiger partial charge is 0.322 e. The van der Waals surface area contributed by atoms with E-state index in [9.17, 15) is 4.39 Å². The van der Waals surface area contributed by atoms with Crippen molar-refractivity contribution in [2.75, 3.05) is 11.9 Å². The third-order valence-electron chi connectivity index (χ3n) is 1.66. The molecule has 0 aromatic heterocycles. The number of para-hydroxylation sites is 1. The number of nitrogens with one attached hydrogen (secondary N) is 2. The van der Waals surface area contributed by atoms with E-state index in [-0.39, 0.29) is 5.82 Å². The first-order chi connectivity index (χ1) is 7.19. The van der Waals surface area contributed by atoms with Crippen molar-refractivity contribution in [3.8, 4) is 0 Å². The summed E-state index contributed by atoms with van der Waals surface area (Å²) in [5.74, 6) is 5.18. The Labute approximate surface area is 95.9 Å². The lowest BCUT2D eigenvalue weighted by molar-refractivity contribution is 0.631. The Morgan fingerprint density at radius 3 is 2.87 bits per heavy atom. The molecule has 0 amide bonds. The second-order valence-electron chi connectivity index (χ2n) is 2.69. The van der Waals surface area contributed by atoms with E-state index in [0.29, 0.717) is 22.7 Å². The maximum atomic E-state index is 13.4. The van der Waals surface area contributed by atoms with Gasteiger partial charge in [0, 0.05) is 11.0 Å². The molecular weight excluding hydrogens is 263 g/mol. The van der Waals surface area contributed by atoms with E-state index in [4.69, 9.17) is 5.84 Å². The van der Waals surface area contributed by atoms with Crippen LogP contribution >= 0.6 is 15.9 Å². The quantitative estimate of drug-likeness (QED) is 0.334. The maximum absolute atomic E-state index is 13.4. The van der Waals surface area contributed by atoms with Gasteiger partial charge in [0.05, 0.1) is 5.69 Å². The highest BCUT2D eigenvalue weighted by atomic mass is 79.9. The van der Waals surface area contributed by atoms with Crippen LogP contribution in [0.3, 0.4) is 0 Å². The zero-order valence-electron chi connectivity index (χ0n) is 8.22. The van der Waals surface area contributed by atoms with Crippen LogP contribution < -0.4 is 16.6 Å². The van der Waals surface area contributed by atoms with E-state index in [1.54, 1.807) is 12.1 Å². The van der Waals surface area contributed by atoms with Crippen molar-refractivity contribution in [2.45, 2.75) is 6.92 Å². The molecule has 0 unspecified atom stereocenters. The maximum Gasteiger partial charge on any atom is 0.210 e. The Bertz CT molecular complexity index is 347. The van der Waals surface area contributed by atoms with Gasteiger partial charge in [-0.05, 0) is 35.0 Å². The topological polar surface area (TPSA) is 62.4 Å². The fourth-order valence-corrected chi connectivity index (χ4v) is 1.46. The van der Waals surface area contributed by atoms with E-state index >= 15 is 0 Å². The zero-order chi connectivity index (χ0) is 11.3. The molecule has 1 aromatic carbocycles. The first-order valence-electron chi connectivity index (χ1n) is 4.41. The summed E-state index contributed by atoms with van der Waals surface area (Å²) >= 11 is 3.23. The van der Waals surface area contributed by atoms with E-state index in [1.807, 2.05) is 6.92 Å². The summed E-state index contributed by atoms with van der Waals surface area (Å²) in [6, 6.07) is 4.69. The Balaban J connectivity index is 2.93. The van der Waals surface area contributed by atoms with Gasteiger partial charge in [0.1, 0.15) is 5.82 Å². The summed E-state index contributed by atoms with van der Waals surface area (Å²) < 4.78 is 14.0. The molecular formula is C9H12BrFN4. The van der Waals surface area contributed by atoms with Gasteiger partial charge in [-0.15, -0.1) is 0 Å². The van der Waals surface area contributed by atoms with Crippen molar-refractivity contribution < 1.29 is 4.39 Å². The molecule has 0 spiro atoms. The summed E-state index contributed by atoms with van der Waals surface area (Å²) in [6.07, 6.45) is 0. The van der Waals surface area contributed by atoms with Gasteiger partial charge in [0.25, 0.3) is 0 Å². The summed E-state index contributed by atoms with van der Waals surface area (Å²) in [5.41, 5.74) is 2.67.